The van der Waals surface area contributed by atoms with Crippen molar-refractivity contribution >= 4 is 34.6 Å². The molecule has 0 bridgehead atoms. The molecule has 0 saturated heterocycles. The van der Waals surface area contributed by atoms with E-state index in [9.17, 15) is 9.90 Å². The number of fused-ring (bicyclic) bond motifs is 1. The third-order valence-corrected chi connectivity index (χ3v) is 4.77. The Morgan fingerprint density at radius 3 is 2.45 bits per heavy atom. The highest BCUT2D eigenvalue weighted by atomic mass is 32.1. The third kappa shape index (κ3) is 5.30. The maximum atomic E-state index is 12.5. The molecule has 1 aliphatic rings. The fourth-order valence-corrected chi connectivity index (χ4v) is 3.30. The van der Waals surface area contributed by atoms with Crippen LogP contribution in [-0.2, 0) is 0 Å². The van der Waals surface area contributed by atoms with E-state index >= 15 is 0 Å². The molecule has 3 aromatic carbocycles. The smallest absolute Gasteiger partial charge is 0.257 e. The zero-order valence-corrected chi connectivity index (χ0v) is 17.3. The summed E-state index contributed by atoms with van der Waals surface area (Å²) < 4.78 is 11.0. The lowest BCUT2D eigenvalue weighted by Gasteiger charge is -2.19. The zero-order chi connectivity index (χ0) is 21.6. The maximum Gasteiger partial charge on any atom is 0.257 e. The summed E-state index contributed by atoms with van der Waals surface area (Å²) in [6.07, 6.45) is -0.849. The van der Waals surface area contributed by atoms with Crippen molar-refractivity contribution in [1.82, 2.24) is 5.32 Å². The SMILES string of the molecule is O=C(NC(=S)Nc1cccc(NC(O)c2ccccc2)c1)c1ccc2c(c1)OCCO2. The number of aliphatic hydroxyl groups excluding tert-OH is 1. The van der Waals surface area contributed by atoms with Gasteiger partial charge in [-0.25, -0.2) is 0 Å². The molecule has 158 valence electrons. The van der Waals surface area contributed by atoms with E-state index < -0.39 is 6.23 Å². The molecule has 0 fully saturated rings. The molecule has 0 aromatic heterocycles. The van der Waals surface area contributed by atoms with Crippen molar-refractivity contribution in [3.63, 3.8) is 0 Å². The second-order valence-corrected chi connectivity index (χ2v) is 7.21. The van der Waals surface area contributed by atoms with Crippen LogP contribution in [0.5, 0.6) is 11.5 Å². The molecule has 0 spiro atoms. The molecule has 1 unspecified atom stereocenters. The van der Waals surface area contributed by atoms with Crippen LogP contribution >= 0.6 is 12.2 Å². The predicted octanol–water partition coefficient (Wildman–Crippen LogP) is 3.69. The number of rotatable bonds is 5. The largest absolute Gasteiger partial charge is 0.486 e. The molecule has 4 N–H and O–H groups in total. The van der Waals surface area contributed by atoms with Crippen LogP contribution in [0.3, 0.4) is 0 Å². The number of amides is 1. The number of benzene rings is 3. The third-order valence-electron chi connectivity index (χ3n) is 4.57. The first-order valence-corrected chi connectivity index (χ1v) is 10.1. The van der Waals surface area contributed by atoms with Gasteiger partial charge >= 0.3 is 0 Å². The minimum atomic E-state index is -0.849. The Balaban J connectivity index is 1.36. The first-order valence-electron chi connectivity index (χ1n) is 9.70. The van der Waals surface area contributed by atoms with Gasteiger partial charge in [0, 0.05) is 22.5 Å². The first kappa shape index (κ1) is 20.6. The van der Waals surface area contributed by atoms with Crippen LogP contribution in [0.25, 0.3) is 0 Å². The second kappa shape index (κ2) is 9.46. The Kier molecular flexibility index (Phi) is 6.30. The topological polar surface area (TPSA) is 91.9 Å². The number of aliphatic hydroxyl groups is 1. The van der Waals surface area contributed by atoms with E-state index in [1.54, 1.807) is 24.3 Å². The average molecular weight is 436 g/mol. The lowest BCUT2D eigenvalue weighted by Crippen LogP contribution is -2.34. The second-order valence-electron chi connectivity index (χ2n) is 6.81. The van der Waals surface area contributed by atoms with Crippen LogP contribution in [0, 0.1) is 0 Å². The summed E-state index contributed by atoms with van der Waals surface area (Å²) in [5, 5.41) is 19.2. The van der Waals surface area contributed by atoms with Gasteiger partial charge in [-0.3, -0.25) is 10.1 Å². The van der Waals surface area contributed by atoms with Crippen LogP contribution in [-0.4, -0.2) is 29.3 Å². The van der Waals surface area contributed by atoms with Crippen LogP contribution in [0.1, 0.15) is 22.1 Å². The summed E-state index contributed by atoms with van der Waals surface area (Å²) in [5.41, 5.74) is 2.53. The van der Waals surface area contributed by atoms with Crippen molar-refractivity contribution in [2.24, 2.45) is 0 Å². The summed E-state index contributed by atoms with van der Waals surface area (Å²) in [5.74, 6) is 0.794. The standard InChI is InChI=1S/C23H21N3O4S/c27-21(15-5-2-1-3-6-15)24-17-7-4-8-18(14-17)25-23(31)26-22(28)16-9-10-19-20(13-16)30-12-11-29-19/h1-10,13-14,21,24,27H,11-12H2,(H2,25,26,28,31). The maximum absolute atomic E-state index is 12.5. The Hall–Kier alpha value is -3.62. The van der Waals surface area contributed by atoms with Crippen LogP contribution in [0.2, 0.25) is 0 Å². The van der Waals surface area contributed by atoms with E-state index in [1.165, 1.54) is 0 Å². The minimum absolute atomic E-state index is 0.153. The molecule has 1 amide bonds. The summed E-state index contributed by atoms with van der Waals surface area (Å²) >= 11 is 5.27. The Bertz CT molecular complexity index is 1090. The van der Waals surface area contributed by atoms with Crippen molar-refractivity contribution in [3.05, 3.63) is 83.9 Å². The van der Waals surface area contributed by atoms with Crippen LogP contribution in [0.4, 0.5) is 11.4 Å². The molecular formula is C23H21N3O4S. The summed E-state index contributed by atoms with van der Waals surface area (Å²) in [6.45, 7) is 0.935. The van der Waals surface area contributed by atoms with Gasteiger partial charge in [-0.2, -0.15) is 0 Å². The number of hydrogen-bond acceptors (Lipinski definition) is 6. The molecule has 0 saturated carbocycles. The molecule has 1 heterocycles. The Labute approximate surface area is 185 Å². The number of carbonyl (C=O) groups is 1. The molecule has 31 heavy (non-hydrogen) atoms. The molecule has 0 aliphatic carbocycles. The van der Waals surface area contributed by atoms with Crippen molar-refractivity contribution in [3.8, 4) is 11.5 Å². The highest BCUT2D eigenvalue weighted by Gasteiger charge is 2.16. The van der Waals surface area contributed by atoms with Gasteiger partial charge in [0.25, 0.3) is 5.91 Å². The number of nitrogens with one attached hydrogen (secondary N) is 3. The summed E-state index contributed by atoms with van der Waals surface area (Å²) in [6, 6.07) is 21.5. The quantitative estimate of drug-likeness (QED) is 0.359. The molecule has 1 aliphatic heterocycles. The monoisotopic (exact) mass is 435 g/mol. The number of thiocarbonyl (C=S) groups is 1. The Morgan fingerprint density at radius 1 is 0.903 bits per heavy atom. The van der Waals surface area contributed by atoms with E-state index in [0.717, 1.165) is 5.56 Å². The van der Waals surface area contributed by atoms with Gasteiger partial charge in [0.1, 0.15) is 13.2 Å². The fourth-order valence-electron chi connectivity index (χ4n) is 3.09. The van der Waals surface area contributed by atoms with Crippen molar-refractivity contribution in [2.75, 3.05) is 23.8 Å². The molecule has 0 radical (unpaired) electrons. The molecule has 3 aromatic rings. The van der Waals surface area contributed by atoms with Gasteiger partial charge in [-0.05, 0) is 48.6 Å². The van der Waals surface area contributed by atoms with Gasteiger partial charge in [0.05, 0.1) is 0 Å². The van der Waals surface area contributed by atoms with E-state index in [-0.39, 0.29) is 11.0 Å². The number of carbonyl (C=O) groups excluding carboxylic acids is 1. The van der Waals surface area contributed by atoms with Gasteiger partial charge in [0.15, 0.2) is 22.8 Å². The predicted molar refractivity (Wildman–Crippen MR) is 123 cm³/mol. The van der Waals surface area contributed by atoms with E-state index in [0.29, 0.717) is 41.7 Å². The molecule has 4 rings (SSSR count). The van der Waals surface area contributed by atoms with E-state index in [4.69, 9.17) is 21.7 Å². The first-order chi connectivity index (χ1) is 15.1. The zero-order valence-electron chi connectivity index (χ0n) is 16.5. The van der Waals surface area contributed by atoms with E-state index in [2.05, 4.69) is 16.0 Å². The van der Waals surface area contributed by atoms with Gasteiger partial charge in [-0.1, -0.05) is 36.4 Å². The average Bonchev–Trinajstić information content (AvgIpc) is 2.79. The number of ether oxygens (including phenoxy) is 2. The van der Waals surface area contributed by atoms with Gasteiger partial charge < -0.3 is 25.2 Å². The van der Waals surface area contributed by atoms with Crippen molar-refractivity contribution < 1.29 is 19.4 Å². The van der Waals surface area contributed by atoms with Gasteiger partial charge in [-0.15, -0.1) is 0 Å². The molecule has 1 atom stereocenters. The fraction of sp³-hybridized carbons (Fsp3) is 0.130. The summed E-state index contributed by atoms with van der Waals surface area (Å²) in [7, 11) is 0. The van der Waals surface area contributed by atoms with E-state index in [1.807, 2.05) is 48.5 Å². The van der Waals surface area contributed by atoms with Crippen molar-refractivity contribution in [1.29, 1.82) is 0 Å². The molecule has 8 heteroatoms. The Morgan fingerprint density at radius 2 is 1.65 bits per heavy atom. The lowest BCUT2D eigenvalue weighted by atomic mass is 10.2. The lowest BCUT2D eigenvalue weighted by molar-refractivity contribution is 0.0976. The number of anilines is 2. The minimum Gasteiger partial charge on any atom is -0.486 e. The normalized spacial score (nSPS) is 13.1. The summed E-state index contributed by atoms with van der Waals surface area (Å²) in [4.78, 5) is 12.5. The molecule has 7 nitrogen and oxygen atoms in total. The molecular weight excluding hydrogens is 414 g/mol. The number of hydrogen-bond donors (Lipinski definition) is 4. The highest BCUT2D eigenvalue weighted by molar-refractivity contribution is 7.80. The van der Waals surface area contributed by atoms with Gasteiger partial charge in [0.2, 0.25) is 0 Å². The van der Waals surface area contributed by atoms with Crippen LogP contribution < -0.4 is 25.4 Å². The highest BCUT2D eigenvalue weighted by Crippen LogP contribution is 2.30. The van der Waals surface area contributed by atoms with Crippen molar-refractivity contribution in [2.45, 2.75) is 6.23 Å². The van der Waals surface area contributed by atoms with Crippen LogP contribution in [0.15, 0.2) is 72.8 Å².